The average molecular weight is 1080 g/mol. The minimum atomic E-state index is -1.71. The SMILES string of the molecule is O=C(O)[C@H]1C[C@@H]1C(=O)c1ccc(Cl)c(Cl)c1.O=C(OC[C@H]1OC(O)[C@H](O)[C@@H](O)[C@@H]1O)[C@H]1C[C@@H]1C(=O)c1ccc(Cl)c(Cl)c1.O=C(OC[C@H]1OC2OCO[C@@H]2[C@H]1O)[C@H]1C[C@@H]1C(=O)c1ccc(Cl)c(Cl)c1. The Kier molecular flexibility index (Phi) is 17.4. The van der Waals surface area contributed by atoms with Crippen LogP contribution in [0.1, 0.15) is 50.3 Å². The summed E-state index contributed by atoms with van der Waals surface area (Å²) in [5.74, 6) is -5.70. The van der Waals surface area contributed by atoms with Crippen molar-refractivity contribution in [3.63, 3.8) is 0 Å². The predicted octanol–water partition coefficient (Wildman–Crippen LogP) is 4.87. The van der Waals surface area contributed by atoms with Crippen molar-refractivity contribution in [1.82, 2.24) is 0 Å². The fraction of sp³-hybridized carbons (Fsp3) is 0.467. The van der Waals surface area contributed by atoms with Gasteiger partial charge < -0.3 is 59.1 Å². The Balaban J connectivity index is 0.000000158. The molecule has 372 valence electrons. The molecule has 0 radical (unpaired) electrons. The first kappa shape index (κ1) is 53.3. The summed E-state index contributed by atoms with van der Waals surface area (Å²) in [6.07, 6.45) is -9.45. The first-order valence-corrected chi connectivity index (χ1v) is 23.4. The van der Waals surface area contributed by atoms with E-state index in [9.17, 15) is 54.3 Å². The largest absolute Gasteiger partial charge is 0.481 e. The molecular formula is C45H42Cl6O18. The predicted molar refractivity (Wildman–Crippen MR) is 241 cm³/mol. The Morgan fingerprint density at radius 3 is 1.29 bits per heavy atom. The highest BCUT2D eigenvalue weighted by Crippen LogP contribution is 2.45. The second-order valence-corrected chi connectivity index (χ2v) is 19.4. The molecule has 15 atom stereocenters. The van der Waals surface area contributed by atoms with Crippen molar-refractivity contribution in [3.05, 3.63) is 101 Å². The second-order valence-electron chi connectivity index (χ2n) is 16.9. The molecule has 6 aliphatic rings. The lowest BCUT2D eigenvalue weighted by Crippen LogP contribution is -2.58. The number of carbonyl (C=O) groups excluding carboxylic acids is 5. The van der Waals surface area contributed by atoms with Crippen molar-refractivity contribution >= 4 is 105 Å². The Labute approximate surface area is 422 Å². The van der Waals surface area contributed by atoms with Crippen LogP contribution >= 0.6 is 69.6 Å². The van der Waals surface area contributed by atoms with Crippen LogP contribution < -0.4 is 0 Å². The van der Waals surface area contributed by atoms with Gasteiger partial charge in [-0.1, -0.05) is 69.6 Å². The molecule has 0 aromatic heterocycles. The molecule has 18 nitrogen and oxygen atoms in total. The third-order valence-corrected chi connectivity index (χ3v) is 14.4. The molecule has 24 heteroatoms. The quantitative estimate of drug-likeness (QED) is 0.0984. The number of aliphatic hydroxyl groups is 5. The molecule has 0 amide bonds. The zero-order valence-electron chi connectivity index (χ0n) is 35.4. The van der Waals surface area contributed by atoms with E-state index in [4.69, 9.17) is 103 Å². The number of aliphatic hydroxyl groups excluding tert-OH is 5. The van der Waals surface area contributed by atoms with Crippen LogP contribution in [-0.2, 0) is 42.8 Å². The number of hydrogen-bond donors (Lipinski definition) is 6. The number of ether oxygens (including phenoxy) is 6. The van der Waals surface area contributed by atoms with E-state index in [1.54, 1.807) is 18.2 Å². The van der Waals surface area contributed by atoms with Gasteiger partial charge in [0.2, 0.25) is 0 Å². The van der Waals surface area contributed by atoms with Crippen LogP contribution in [0.2, 0.25) is 30.1 Å². The van der Waals surface area contributed by atoms with E-state index >= 15 is 0 Å². The normalized spacial score (nSPS) is 32.5. The average Bonchev–Trinajstić information content (AvgIpc) is 4.26. The third kappa shape index (κ3) is 12.6. The van der Waals surface area contributed by atoms with E-state index in [0.717, 1.165) is 0 Å². The van der Waals surface area contributed by atoms with Gasteiger partial charge in [0.15, 0.2) is 36.7 Å². The molecule has 3 saturated heterocycles. The molecule has 3 aliphatic carbocycles. The highest BCUT2D eigenvalue weighted by Gasteiger charge is 2.53. The number of carboxylic acid groups (broad SMARTS) is 1. The van der Waals surface area contributed by atoms with Crippen molar-refractivity contribution in [1.29, 1.82) is 0 Å². The van der Waals surface area contributed by atoms with Gasteiger partial charge >= 0.3 is 17.9 Å². The summed E-state index contributed by atoms with van der Waals surface area (Å²) in [7, 11) is 0. The Morgan fingerprint density at radius 1 is 0.493 bits per heavy atom. The maximum atomic E-state index is 12.4. The maximum Gasteiger partial charge on any atom is 0.309 e. The topological polar surface area (TPSA) is 279 Å². The number of Topliss-reactive ketones (excluding diaryl/α,β-unsaturated/α-hetero) is 3. The van der Waals surface area contributed by atoms with Gasteiger partial charge in [0.1, 0.15) is 55.9 Å². The van der Waals surface area contributed by atoms with Crippen molar-refractivity contribution in [2.75, 3.05) is 20.0 Å². The molecule has 3 aromatic rings. The zero-order chi connectivity index (χ0) is 50.2. The number of rotatable bonds is 13. The number of carbonyl (C=O) groups is 6. The number of carboxylic acids is 1. The van der Waals surface area contributed by atoms with Gasteiger partial charge in [-0.3, -0.25) is 28.8 Å². The van der Waals surface area contributed by atoms with E-state index < -0.39 is 115 Å². The number of hydrogen-bond acceptors (Lipinski definition) is 17. The van der Waals surface area contributed by atoms with Crippen LogP contribution in [0.15, 0.2) is 54.6 Å². The van der Waals surface area contributed by atoms with Crippen LogP contribution in [0.25, 0.3) is 0 Å². The van der Waals surface area contributed by atoms with E-state index in [1.165, 1.54) is 36.4 Å². The molecule has 2 unspecified atom stereocenters. The van der Waals surface area contributed by atoms with Gasteiger partial charge in [0.25, 0.3) is 0 Å². The van der Waals surface area contributed by atoms with Gasteiger partial charge in [-0.2, -0.15) is 0 Å². The Hall–Kier alpha value is -3.54. The smallest absolute Gasteiger partial charge is 0.309 e. The maximum absolute atomic E-state index is 12.4. The van der Waals surface area contributed by atoms with Gasteiger partial charge in [-0.05, 0) is 73.9 Å². The number of halogens is 6. The van der Waals surface area contributed by atoms with Crippen molar-refractivity contribution < 1.29 is 87.8 Å². The van der Waals surface area contributed by atoms with E-state index in [1.807, 2.05) is 0 Å². The molecule has 0 bridgehead atoms. The Bertz CT molecular complexity index is 2480. The van der Waals surface area contributed by atoms with Crippen LogP contribution in [0.4, 0.5) is 0 Å². The number of ketones is 3. The molecule has 9 rings (SSSR count). The summed E-state index contributed by atoms with van der Waals surface area (Å²) in [5.41, 5.74) is 1.18. The zero-order valence-corrected chi connectivity index (χ0v) is 40.0. The fourth-order valence-corrected chi connectivity index (χ4v) is 8.68. The third-order valence-electron chi connectivity index (χ3n) is 12.2. The lowest BCUT2D eigenvalue weighted by Gasteiger charge is -2.37. The molecule has 6 N–H and O–H groups in total. The van der Waals surface area contributed by atoms with Gasteiger partial charge in [0, 0.05) is 34.4 Å². The van der Waals surface area contributed by atoms with Crippen LogP contribution in [0.5, 0.6) is 0 Å². The van der Waals surface area contributed by atoms with Gasteiger partial charge in [-0.25, -0.2) is 0 Å². The molecule has 3 heterocycles. The molecular weight excluding hydrogens is 1040 g/mol. The van der Waals surface area contributed by atoms with Crippen LogP contribution in [0, 0.1) is 35.5 Å². The van der Waals surface area contributed by atoms with Crippen molar-refractivity contribution in [2.24, 2.45) is 35.5 Å². The summed E-state index contributed by atoms with van der Waals surface area (Å²) in [5, 5.41) is 59.0. The summed E-state index contributed by atoms with van der Waals surface area (Å²) in [6.45, 7) is -0.492. The van der Waals surface area contributed by atoms with Crippen molar-refractivity contribution in [2.45, 2.75) is 74.6 Å². The minimum Gasteiger partial charge on any atom is -0.481 e. The molecule has 0 spiro atoms. The van der Waals surface area contributed by atoms with E-state index in [0.29, 0.717) is 61.1 Å². The summed E-state index contributed by atoms with van der Waals surface area (Å²) < 4.78 is 31.0. The molecule has 3 aliphatic heterocycles. The minimum absolute atomic E-state index is 0.0689. The van der Waals surface area contributed by atoms with Crippen LogP contribution in [0.3, 0.4) is 0 Å². The van der Waals surface area contributed by atoms with Crippen LogP contribution in [-0.4, -0.2) is 141 Å². The highest BCUT2D eigenvalue weighted by atomic mass is 35.5. The second kappa shape index (κ2) is 22.5. The first-order valence-electron chi connectivity index (χ1n) is 21.1. The summed E-state index contributed by atoms with van der Waals surface area (Å²) in [6, 6.07) is 13.7. The number of esters is 2. The number of fused-ring (bicyclic) bond motifs is 1. The van der Waals surface area contributed by atoms with Crippen molar-refractivity contribution in [3.8, 4) is 0 Å². The molecule has 3 saturated carbocycles. The summed E-state index contributed by atoms with van der Waals surface area (Å²) in [4.78, 5) is 71.5. The molecule has 3 aromatic carbocycles. The van der Waals surface area contributed by atoms with Gasteiger partial charge in [0.05, 0.1) is 47.9 Å². The number of benzene rings is 3. The monoisotopic (exact) mass is 1080 g/mol. The lowest BCUT2D eigenvalue weighted by molar-refractivity contribution is -0.287. The standard InChI is InChI=1S/C17H18Cl2O8.C17H16Cl2O7.C11H8Cl2O3/c18-9-2-1-6(3-10(9)19)12(20)7-4-8(7)16(24)26-5-11-13(21)14(22)15(23)17(25)27-11;18-10-2-1-7(3-11(10)19)13(20)8-4-9(8)16(22)23-5-12-14(21)15-17(26-12)25-6-24-15;12-8-2-1-5(3-9(8)13)10(14)6-4-7(6)11(15)16/h1-3,7-8,11,13-15,17,21-23,25H,4-5H2;1-3,8-9,12,14-15,17,21H,4-6H2;1-3,6-7H,4H2,(H,15,16)/t7-,8-,11+,13+,14-,15+,17?;8-,9-,12+,14-,15+,17?;6-,7-/m000/s1. The van der Waals surface area contributed by atoms with Gasteiger partial charge in [-0.15, -0.1) is 0 Å². The molecule has 6 fully saturated rings. The van der Waals surface area contributed by atoms with E-state index in [-0.39, 0.29) is 35.8 Å². The lowest BCUT2D eigenvalue weighted by atomic mass is 9.99. The highest BCUT2D eigenvalue weighted by molar-refractivity contribution is 6.43. The molecule has 69 heavy (non-hydrogen) atoms. The first-order chi connectivity index (χ1) is 32.7. The summed E-state index contributed by atoms with van der Waals surface area (Å²) >= 11 is 35.0. The Morgan fingerprint density at radius 2 is 0.899 bits per heavy atom. The van der Waals surface area contributed by atoms with E-state index in [2.05, 4.69) is 0 Å². The fourth-order valence-electron chi connectivity index (χ4n) is 7.79. The number of aliphatic carboxylic acids is 1.